The van der Waals surface area contributed by atoms with Gasteiger partial charge in [0.2, 0.25) is 0 Å². The molecule has 94 valence electrons. The fourth-order valence-corrected chi connectivity index (χ4v) is 2.36. The number of ether oxygens (including phenoxy) is 2. The highest BCUT2D eigenvalue weighted by atomic mass is 19.3. The molecule has 0 amide bonds. The summed E-state index contributed by atoms with van der Waals surface area (Å²) in [4.78, 5) is 1.80. The molecule has 0 spiro atoms. The Morgan fingerprint density at radius 1 is 1.25 bits per heavy atom. The second kappa shape index (κ2) is 4.94. The topological polar surface area (TPSA) is 21.7 Å². The van der Waals surface area contributed by atoms with Crippen molar-refractivity contribution in [1.29, 1.82) is 0 Å². The molecule has 0 aromatic rings. The molecular weight excluding hydrogens is 216 g/mol. The Hall–Kier alpha value is -0.260. The lowest BCUT2D eigenvalue weighted by atomic mass is 10.0. The van der Waals surface area contributed by atoms with Gasteiger partial charge in [0.05, 0.1) is 19.3 Å². The maximum atomic E-state index is 14.1. The first-order valence-electron chi connectivity index (χ1n) is 5.93. The van der Waals surface area contributed by atoms with Crippen molar-refractivity contribution >= 4 is 0 Å². The van der Waals surface area contributed by atoms with Crippen LogP contribution < -0.4 is 0 Å². The van der Waals surface area contributed by atoms with Crippen molar-refractivity contribution in [3.8, 4) is 0 Å². The van der Waals surface area contributed by atoms with Crippen LogP contribution in [0.15, 0.2) is 0 Å². The predicted octanol–water partition coefficient (Wildman–Crippen LogP) is 1.52. The molecule has 0 aliphatic carbocycles. The molecule has 2 aliphatic heterocycles. The summed E-state index contributed by atoms with van der Waals surface area (Å²) in [5.74, 6) is -2.76. The van der Waals surface area contributed by atoms with Crippen molar-refractivity contribution in [2.24, 2.45) is 0 Å². The van der Waals surface area contributed by atoms with Gasteiger partial charge >= 0.3 is 0 Å². The molecule has 2 saturated heterocycles. The Morgan fingerprint density at radius 3 is 2.50 bits per heavy atom. The predicted molar refractivity (Wildman–Crippen MR) is 55.8 cm³/mol. The maximum Gasteiger partial charge on any atom is 0.288 e. The zero-order valence-corrected chi connectivity index (χ0v) is 9.62. The van der Waals surface area contributed by atoms with Gasteiger partial charge in [-0.05, 0) is 19.8 Å². The van der Waals surface area contributed by atoms with Gasteiger partial charge < -0.3 is 9.47 Å². The standard InChI is InChI=1S/C11H19F2NO2/c1-9(14-4-7-15-8-5-14)11(12,13)10-3-2-6-16-10/h9-10H,2-8H2,1H3. The van der Waals surface area contributed by atoms with E-state index in [2.05, 4.69) is 0 Å². The first-order chi connectivity index (χ1) is 7.62. The number of nitrogens with zero attached hydrogens (tertiary/aromatic N) is 1. The second-order valence-electron chi connectivity index (χ2n) is 4.50. The summed E-state index contributed by atoms with van der Waals surface area (Å²) < 4.78 is 38.5. The number of morpholine rings is 1. The van der Waals surface area contributed by atoms with Crippen LogP contribution >= 0.6 is 0 Å². The molecule has 5 heteroatoms. The first kappa shape index (κ1) is 12.2. The minimum atomic E-state index is -2.76. The summed E-state index contributed by atoms with van der Waals surface area (Å²) in [6, 6.07) is -0.764. The summed E-state index contributed by atoms with van der Waals surface area (Å²) in [7, 11) is 0. The zero-order valence-electron chi connectivity index (χ0n) is 9.62. The largest absolute Gasteiger partial charge is 0.379 e. The summed E-state index contributed by atoms with van der Waals surface area (Å²) in [5, 5.41) is 0. The van der Waals surface area contributed by atoms with Crippen molar-refractivity contribution in [2.45, 2.75) is 37.8 Å². The smallest absolute Gasteiger partial charge is 0.288 e. The molecule has 3 nitrogen and oxygen atoms in total. The number of rotatable bonds is 3. The van der Waals surface area contributed by atoms with E-state index in [4.69, 9.17) is 9.47 Å². The van der Waals surface area contributed by atoms with E-state index < -0.39 is 18.1 Å². The fourth-order valence-electron chi connectivity index (χ4n) is 2.36. The molecule has 0 aromatic heterocycles. The Balaban J connectivity index is 1.97. The minimum Gasteiger partial charge on any atom is -0.379 e. The van der Waals surface area contributed by atoms with Crippen molar-refractivity contribution < 1.29 is 18.3 Å². The molecule has 2 unspecified atom stereocenters. The molecule has 0 saturated carbocycles. The van der Waals surface area contributed by atoms with Gasteiger partial charge in [-0.25, -0.2) is 8.78 Å². The third-order valence-corrected chi connectivity index (χ3v) is 3.51. The van der Waals surface area contributed by atoms with E-state index >= 15 is 0 Å². The summed E-state index contributed by atoms with van der Waals surface area (Å²) >= 11 is 0. The van der Waals surface area contributed by atoms with Crippen LogP contribution in [0.5, 0.6) is 0 Å². The van der Waals surface area contributed by atoms with Crippen LogP contribution in [0.2, 0.25) is 0 Å². The lowest BCUT2D eigenvalue weighted by Crippen LogP contribution is -2.55. The SMILES string of the molecule is CC(N1CCOCC1)C(F)(F)C1CCCO1. The number of halogens is 2. The Bertz CT molecular complexity index is 226. The van der Waals surface area contributed by atoms with Gasteiger partial charge in [-0.1, -0.05) is 0 Å². The Labute approximate surface area is 94.7 Å². The molecule has 2 atom stereocenters. The second-order valence-corrected chi connectivity index (χ2v) is 4.50. The van der Waals surface area contributed by atoms with Gasteiger partial charge in [-0.15, -0.1) is 0 Å². The van der Waals surface area contributed by atoms with E-state index in [9.17, 15) is 8.78 Å². The molecule has 0 bridgehead atoms. The van der Waals surface area contributed by atoms with E-state index in [1.807, 2.05) is 0 Å². The van der Waals surface area contributed by atoms with Crippen LogP contribution in [0.25, 0.3) is 0 Å². The van der Waals surface area contributed by atoms with Crippen LogP contribution in [-0.2, 0) is 9.47 Å². The normalized spacial score (nSPS) is 30.6. The minimum absolute atomic E-state index is 0.468. The van der Waals surface area contributed by atoms with Gasteiger partial charge in [0, 0.05) is 19.7 Å². The molecule has 16 heavy (non-hydrogen) atoms. The third-order valence-electron chi connectivity index (χ3n) is 3.51. The van der Waals surface area contributed by atoms with Gasteiger partial charge in [-0.3, -0.25) is 4.90 Å². The first-order valence-corrected chi connectivity index (χ1v) is 5.93. The summed E-state index contributed by atoms with van der Waals surface area (Å²) in [5.41, 5.74) is 0. The van der Waals surface area contributed by atoms with E-state index in [-0.39, 0.29) is 0 Å². The lowest BCUT2D eigenvalue weighted by Gasteiger charge is -2.38. The summed E-state index contributed by atoms with van der Waals surface area (Å²) in [6.07, 6.45) is 0.322. The quantitative estimate of drug-likeness (QED) is 0.740. The van der Waals surface area contributed by atoms with Crippen LogP contribution in [0.3, 0.4) is 0 Å². The highest BCUT2D eigenvalue weighted by molar-refractivity contribution is 4.91. The van der Waals surface area contributed by atoms with Crippen molar-refractivity contribution in [3.05, 3.63) is 0 Å². The molecule has 2 aliphatic rings. The molecule has 2 rings (SSSR count). The molecule has 2 fully saturated rings. The van der Waals surface area contributed by atoms with Crippen LogP contribution in [-0.4, -0.2) is 55.9 Å². The highest BCUT2D eigenvalue weighted by Gasteiger charge is 2.49. The average Bonchev–Trinajstić information content (AvgIpc) is 2.83. The van der Waals surface area contributed by atoms with Crippen LogP contribution in [0, 0.1) is 0 Å². The van der Waals surface area contributed by atoms with E-state index in [0.29, 0.717) is 39.3 Å². The third kappa shape index (κ3) is 2.36. The van der Waals surface area contributed by atoms with Crippen molar-refractivity contribution in [2.75, 3.05) is 32.9 Å². The van der Waals surface area contributed by atoms with E-state index in [0.717, 1.165) is 6.42 Å². The zero-order chi connectivity index (χ0) is 11.6. The molecular formula is C11H19F2NO2. The monoisotopic (exact) mass is 235 g/mol. The van der Waals surface area contributed by atoms with Gasteiger partial charge in [-0.2, -0.15) is 0 Å². The number of alkyl halides is 2. The van der Waals surface area contributed by atoms with Gasteiger partial charge in [0.25, 0.3) is 5.92 Å². The highest BCUT2D eigenvalue weighted by Crippen LogP contribution is 2.34. The summed E-state index contributed by atoms with van der Waals surface area (Å²) in [6.45, 7) is 4.33. The molecule has 0 radical (unpaired) electrons. The number of hydrogen-bond donors (Lipinski definition) is 0. The van der Waals surface area contributed by atoms with Crippen molar-refractivity contribution in [3.63, 3.8) is 0 Å². The van der Waals surface area contributed by atoms with Crippen LogP contribution in [0.4, 0.5) is 8.78 Å². The van der Waals surface area contributed by atoms with Crippen LogP contribution in [0.1, 0.15) is 19.8 Å². The number of hydrogen-bond acceptors (Lipinski definition) is 3. The molecule has 0 N–H and O–H groups in total. The van der Waals surface area contributed by atoms with Crippen molar-refractivity contribution in [1.82, 2.24) is 4.90 Å². The Kier molecular flexibility index (Phi) is 3.77. The molecule has 0 aromatic carbocycles. The fraction of sp³-hybridized carbons (Fsp3) is 1.00. The van der Waals surface area contributed by atoms with E-state index in [1.165, 1.54) is 0 Å². The van der Waals surface area contributed by atoms with Gasteiger partial charge in [0.15, 0.2) is 0 Å². The average molecular weight is 235 g/mol. The lowest BCUT2D eigenvalue weighted by molar-refractivity contribution is -0.165. The van der Waals surface area contributed by atoms with E-state index in [1.54, 1.807) is 11.8 Å². The molecule has 2 heterocycles. The van der Waals surface area contributed by atoms with Gasteiger partial charge in [0.1, 0.15) is 6.10 Å². The Morgan fingerprint density at radius 2 is 1.94 bits per heavy atom. The maximum absolute atomic E-state index is 14.1.